The summed E-state index contributed by atoms with van der Waals surface area (Å²) in [5.41, 5.74) is 5.29. The van der Waals surface area contributed by atoms with Crippen molar-refractivity contribution >= 4 is 11.7 Å². The molecule has 1 aromatic heterocycles. The van der Waals surface area contributed by atoms with Crippen LogP contribution in [-0.2, 0) is 6.54 Å². The second-order valence-electron chi connectivity index (χ2n) is 10.0. The lowest BCUT2D eigenvalue weighted by Gasteiger charge is -2.42. The number of urea groups is 1. The van der Waals surface area contributed by atoms with Crippen LogP contribution in [0.15, 0.2) is 52.8 Å². The van der Waals surface area contributed by atoms with Crippen molar-refractivity contribution in [3.05, 3.63) is 76.3 Å². The fraction of sp³-hybridized carbons (Fsp3) is 0.444. The molecule has 0 radical (unpaired) electrons. The summed E-state index contributed by atoms with van der Waals surface area (Å²) in [5.74, 6) is -1.01. The van der Waals surface area contributed by atoms with Gasteiger partial charge in [0.15, 0.2) is 0 Å². The molecule has 6 rings (SSSR count). The third-order valence-corrected chi connectivity index (χ3v) is 7.98. The maximum Gasteiger partial charge on any atom is 0.317 e. The second-order valence-corrected chi connectivity index (χ2v) is 10.0. The van der Waals surface area contributed by atoms with Crippen LogP contribution < -0.4 is 5.32 Å². The van der Waals surface area contributed by atoms with Crippen molar-refractivity contribution in [1.82, 2.24) is 20.1 Å². The van der Waals surface area contributed by atoms with E-state index >= 15 is 0 Å². The fourth-order valence-electron chi connectivity index (χ4n) is 6.15. The first kappa shape index (κ1) is 22.3. The minimum atomic E-state index is -0.504. The molecule has 8 heteroatoms. The monoisotopic (exact) mass is 477 g/mol. The smallest absolute Gasteiger partial charge is 0.317 e. The lowest BCUT2D eigenvalue weighted by atomic mass is 9.91. The van der Waals surface area contributed by atoms with E-state index in [1.807, 2.05) is 24.0 Å². The van der Waals surface area contributed by atoms with Gasteiger partial charge >= 0.3 is 6.03 Å². The lowest BCUT2D eigenvalue weighted by molar-refractivity contribution is 0.0970. The van der Waals surface area contributed by atoms with Crippen molar-refractivity contribution in [3.8, 4) is 0 Å². The van der Waals surface area contributed by atoms with Crippen molar-refractivity contribution < 1.29 is 13.6 Å². The third kappa shape index (κ3) is 4.03. The van der Waals surface area contributed by atoms with Gasteiger partial charge in [-0.1, -0.05) is 6.07 Å². The number of aliphatic imine (C=N–C) groups is 1. The molecule has 35 heavy (non-hydrogen) atoms. The maximum absolute atomic E-state index is 14.3. The first-order valence-electron chi connectivity index (χ1n) is 12.5. The number of hydrogen-bond donors (Lipinski definition) is 1. The number of amides is 2. The number of nitrogens with one attached hydrogen (secondary N) is 1. The molecule has 2 fully saturated rings. The van der Waals surface area contributed by atoms with Crippen LogP contribution >= 0.6 is 0 Å². The van der Waals surface area contributed by atoms with Gasteiger partial charge in [-0.3, -0.25) is 14.9 Å². The molecule has 2 aromatic rings. The summed E-state index contributed by atoms with van der Waals surface area (Å²) in [4.78, 5) is 26.3. The summed E-state index contributed by atoms with van der Waals surface area (Å²) in [6.45, 7) is 3.39. The van der Waals surface area contributed by atoms with Crippen LogP contribution in [0.1, 0.15) is 48.9 Å². The fourth-order valence-corrected chi connectivity index (χ4v) is 6.15. The Morgan fingerprint density at radius 3 is 2.74 bits per heavy atom. The molecule has 1 aromatic carbocycles. The number of nitrogens with zero attached hydrogens (tertiary/aromatic N) is 4. The van der Waals surface area contributed by atoms with Crippen LogP contribution in [0.2, 0.25) is 0 Å². The Bertz CT molecular complexity index is 1220. The minimum absolute atomic E-state index is 0.0242. The van der Waals surface area contributed by atoms with E-state index in [1.54, 1.807) is 6.20 Å². The molecule has 2 amide bonds. The topological polar surface area (TPSA) is 60.8 Å². The molecule has 0 aliphatic carbocycles. The first-order valence-corrected chi connectivity index (χ1v) is 12.5. The zero-order valence-electron chi connectivity index (χ0n) is 19.8. The Morgan fingerprint density at radius 1 is 1.14 bits per heavy atom. The normalized spacial score (nSPS) is 25.7. The molecule has 182 valence electrons. The summed E-state index contributed by atoms with van der Waals surface area (Å²) >= 11 is 0. The SMILES string of the molecule is Cc1cc(C2=NC3=C2CN(C(=O)NC2CC[C@H]4CC[C@@H]2N4Cc2c(F)cccc2F)CC3)ccn1. The average Bonchev–Trinajstić information content (AvgIpc) is 3.10. The second kappa shape index (κ2) is 8.82. The Balaban J connectivity index is 1.12. The van der Waals surface area contributed by atoms with E-state index in [0.717, 1.165) is 60.3 Å². The van der Waals surface area contributed by atoms with Gasteiger partial charge in [0.1, 0.15) is 11.6 Å². The molecule has 3 atom stereocenters. The highest BCUT2D eigenvalue weighted by Crippen LogP contribution is 2.38. The molecule has 4 aliphatic rings. The summed E-state index contributed by atoms with van der Waals surface area (Å²) in [7, 11) is 0. The number of hydrogen-bond acceptors (Lipinski definition) is 4. The maximum atomic E-state index is 14.3. The summed E-state index contributed by atoms with van der Waals surface area (Å²) in [6.07, 6.45) is 6.28. The number of halogens is 2. The van der Waals surface area contributed by atoms with Gasteiger partial charge in [0.05, 0.1) is 18.0 Å². The van der Waals surface area contributed by atoms with E-state index in [-0.39, 0.29) is 30.2 Å². The highest BCUT2D eigenvalue weighted by molar-refractivity contribution is 6.17. The van der Waals surface area contributed by atoms with E-state index < -0.39 is 11.6 Å². The van der Waals surface area contributed by atoms with Crippen LogP contribution in [0.3, 0.4) is 0 Å². The number of fused-ring (bicyclic) bond motifs is 2. The van der Waals surface area contributed by atoms with Crippen LogP contribution in [-0.4, -0.2) is 57.7 Å². The molecule has 1 unspecified atom stereocenters. The zero-order valence-corrected chi connectivity index (χ0v) is 19.8. The lowest BCUT2D eigenvalue weighted by Crippen LogP contribution is -2.57. The number of pyridine rings is 1. The number of piperidine rings is 1. The van der Waals surface area contributed by atoms with E-state index in [9.17, 15) is 13.6 Å². The molecule has 2 saturated heterocycles. The molecular formula is C27H29F2N5O. The molecule has 0 spiro atoms. The molecule has 0 saturated carbocycles. The first-order chi connectivity index (χ1) is 17.0. The van der Waals surface area contributed by atoms with Crippen molar-refractivity contribution in [3.63, 3.8) is 0 Å². The standard InChI is InChI=1S/C27H29F2N5O/c1-16-13-17(9-11-30-16)26-20-14-33(12-10-23(20)31-26)27(35)32-24-7-5-18-6-8-25(24)34(18)15-19-21(28)3-2-4-22(19)29/h2-4,9,11,13,18,24-25H,5-8,10,12,14-15H2,1H3,(H,32,35)/t18-,24?,25-/m0/s1. The van der Waals surface area contributed by atoms with Crippen LogP contribution in [0.25, 0.3) is 0 Å². The van der Waals surface area contributed by atoms with E-state index in [1.165, 1.54) is 18.2 Å². The Hall–Kier alpha value is -3.13. The van der Waals surface area contributed by atoms with Gasteiger partial charge in [0.2, 0.25) is 0 Å². The van der Waals surface area contributed by atoms with E-state index in [4.69, 9.17) is 4.99 Å². The number of carbonyl (C=O) groups is 1. The predicted octanol–water partition coefficient (Wildman–Crippen LogP) is 4.34. The summed E-state index contributed by atoms with van der Waals surface area (Å²) in [5, 5.41) is 3.27. The number of carbonyl (C=O) groups excluding carboxylic acids is 1. The van der Waals surface area contributed by atoms with E-state index in [2.05, 4.69) is 15.2 Å². The van der Waals surface area contributed by atoms with Gasteiger partial charge in [0, 0.05) is 66.2 Å². The third-order valence-electron chi connectivity index (χ3n) is 7.98. The van der Waals surface area contributed by atoms with Crippen molar-refractivity contribution in [2.24, 2.45) is 4.99 Å². The molecule has 2 bridgehead atoms. The highest BCUT2D eigenvalue weighted by atomic mass is 19.1. The quantitative estimate of drug-likeness (QED) is 0.713. The van der Waals surface area contributed by atoms with Gasteiger partial charge in [-0.2, -0.15) is 0 Å². The van der Waals surface area contributed by atoms with Crippen molar-refractivity contribution in [1.29, 1.82) is 0 Å². The average molecular weight is 478 g/mol. The summed E-state index contributed by atoms with van der Waals surface area (Å²) < 4.78 is 28.6. The van der Waals surface area contributed by atoms with Gasteiger partial charge in [0.25, 0.3) is 0 Å². The van der Waals surface area contributed by atoms with Gasteiger partial charge in [-0.05, 0) is 56.9 Å². The minimum Gasteiger partial charge on any atom is -0.334 e. The van der Waals surface area contributed by atoms with Crippen LogP contribution in [0.4, 0.5) is 13.6 Å². The van der Waals surface area contributed by atoms with Crippen molar-refractivity contribution in [2.75, 3.05) is 13.1 Å². The van der Waals surface area contributed by atoms with Gasteiger partial charge < -0.3 is 10.2 Å². The molecule has 4 aliphatic heterocycles. The molecule has 1 N–H and O–H groups in total. The Labute approximate surface area is 203 Å². The largest absolute Gasteiger partial charge is 0.334 e. The predicted molar refractivity (Wildman–Crippen MR) is 129 cm³/mol. The van der Waals surface area contributed by atoms with Gasteiger partial charge in [-0.25, -0.2) is 13.6 Å². The summed E-state index contributed by atoms with van der Waals surface area (Å²) in [6, 6.07) is 8.32. The molecular weight excluding hydrogens is 448 g/mol. The Morgan fingerprint density at radius 2 is 1.94 bits per heavy atom. The van der Waals surface area contributed by atoms with Crippen molar-refractivity contribution in [2.45, 2.75) is 63.7 Å². The Kier molecular flexibility index (Phi) is 5.63. The highest BCUT2D eigenvalue weighted by Gasteiger charge is 2.44. The number of aromatic nitrogens is 1. The number of aryl methyl sites for hydroxylation is 1. The molecule has 5 heterocycles. The number of benzene rings is 1. The van der Waals surface area contributed by atoms with Crippen LogP contribution in [0, 0.1) is 18.6 Å². The van der Waals surface area contributed by atoms with Gasteiger partial charge in [-0.15, -0.1) is 0 Å². The number of rotatable bonds is 4. The van der Waals surface area contributed by atoms with E-state index in [0.29, 0.717) is 19.1 Å². The zero-order chi connectivity index (χ0) is 24.1. The van der Waals surface area contributed by atoms with Crippen LogP contribution in [0.5, 0.6) is 0 Å². The molecule has 6 nitrogen and oxygen atoms in total.